The Bertz CT molecular complexity index is 671. The van der Waals surface area contributed by atoms with Crippen molar-refractivity contribution in [3.8, 4) is 5.69 Å². The van der Waals surface area contributed by atoms with E-state index in [0.717, 1.165) is 7.11 Å². The van der Waals surface area contributed by atoms with Crippen LogP contribution in [0.15, 0.2) is 6.33 Å². The van der Waals surface area contributed by atoms with Crippen LogP contribution in [-0.2, 0) is 4.74 Å². The standard InChI is InChI=1S/C10H4F5N3O2/c1-20-10(19)9-16-2-18(17-9)8-6(14)4(12)3(11)5(13)7(8)15/h2H,1H3. The first-order valence-electron chi connectivity index (χ1n) is 4.90. The Morgan fingerprint density at radius 3 is 2.05 bits per heavy atom. The van der Waals surface area contributed by atoms with Gasteiger partial charge in [0.2, 0.25) is 5.82 Å². The molecular weight excluding hydrogens is 289 g/mol. The SMILES string of the molecule is COC(=O)c1ncn(-c2c(F)c(F)c(F)c(F)c2F)n1. The van der Waals surface area contributed by atoms with Crippen molar-refractivity contribution in [3.63, 3.8) is 0 Å². The van der Waals surface area contributed by atoms with E-state index in [-0.39, 0.29) is 4.68 Å². The summed E-state index contributed by atoms with van der Waals surface area (Å²) in [5, 5.41) is 3.28. The monoisotopic (exact) mass is 293 g/mol. The van der Waals surface area contributed by atoms with Gasteiger partial charge in [0, 0.05) is 0 Å². The molecule has 1 heterocycles. The maximum Gasteiger partial charge on any atom is 0.377 e. The second kappa shape index (κ2) is 4.87. The van der Waals surface area contributed by atoms with Crippen LogP contribution in [-0.4, -0.2) is 27.8 Å². The number of hydrogen-bond donors (Lipinski definition) is 0. The Morgan fingerprint density at radius 1 is 1.05 bits per heavy atom. The van der Waals surface area contributed by atoms with Crippen molar-refractivity contribution in [1.29, 1.82) is 0 Å². The molecule has 1 aromatic carbocycles. The molecule has 0 saturated carbocycles. The lowest BCUT2D eigenvalue weighted by Crippen LogP contribution is -2.11. The average Bonchev–Trinajstić information content (AvgIpc) is 2.92. The van der Waals surface area contributed by atoms with Crippen LogP contribution in [0.25, 0.3) is 5.69 Å². The Kier molecular flexibility index (Phi) is 3.38. The van der Waals surface area contributed by atoms with Crippen LogP contribution in [0.1, 0.15) is 10.6 Å². The van der Waals surface area contributed by atoms with E-state index in [1.807, 2.05) is 0 Å². The molecule has 0 aliphatic heterocycles. The molecule has 0 aliphatic rings. The lowest BCUT2D eigenvalue weighted by Gasteiger charge is -2.07. The Hall–Kier alpha value is -2.52. The molecule has 0 saturated heterocycles. The minimum Gasteiger partial charge on any atom is -0.463 e. The van der Waals surface area contributed by atoms with Crippen molar-refractivity contribution >= 4 is 5.97 Å². The third-order valence-electron chi connectivity index (χ3n) is 2.28. The van der Waals surface area contributed by atoms with Crippen LogP contribution in [0.3, 0.4) is 0 Å². The topological polar surface area (TPSA) is 57.0 Å². The minimum absolute atomic E-state index is 0.252. The third-order valence-corrected chi connectivity index (χ3v) is 2.28. The van der Waals surface area contributed by atoms with Gasteiger partial charge in [-0.15, -0.1) is 5.10 Å². The fourth-order valence-electron chi connectivity index (χ4n) is 1.35. The Morgan fingerprint density at radius 2 is 1.55 bits per heavy atom. The molecule has 0 atom stereocenters. The molecule has 5 nitrogen and oxygen atoms in total. The molecule has 0 amide bonds. The number of hydrogen-bond acceptors (Lipinski definition) is 4. The highest BCUT2D eigenvalue weighted by molar-refractivity contribution is 5.84. The van der Waals surface area contributed by atoms with Gasteiger partial charge in [-0.2, -0.15) is 0 Å². The highest BCUT2D eigenvalue weighted by atomic mass is 19.2. The van der Waals surface area contributed by atoms with Gasteiger partial charge in [-0.05, 0) is 0 Å². The van der Waals surface area contributed by atoms with Gasteiger partial charge < -0.3 is 4.74 Å². The first-order chi connectivity index (χ1) is 9.38. The van der Waals surface area contributed by atoms with Gasteiger partial charge in [0.05, 0.1) is 7.11 Å². The normalized spacial score (nSPS) is 10.7. The number of methoxy groups -OCH3 is 1. The number of carbonyl (C=O) groups is 1. The Labute approximate surface area is 107 Å². The van der Waals surface area contributed by atoms with E-state index < -0.39 is 46.6 Å². The fourth-order valence-corrected chi connectivity index (χ4v) is 1.35. The molecule has 20 heavy (non-hydrogen) atoms. The average molecular weight is 293 g/mol. The van der Waals surface area contributed by atoms with Crippen molar-refractivity contribution in [1.82, 2.24) is 14.8 Å². The van der Waals surface area contributed by atoms with Gasteiger partial charge in [-0.25, -0.2) is 36.4 Å². The molecule has 0 radical (unpaired) electrons. The van der Waals surface area contributed by atoms with Crippen molar-refractivity contribution in [3.05, 3.63) is 41.2 Å². The number of carbonyl (C=O) groups excluding carboxylic acids is 1. The lowest BCUT2D eigenvalue weighted by molar-refractivity contribution is 0.0587. The zero-order chi connectivity index (χ0) is 15.0. The van der Waals surface area contributed by atoms with Gasteiger partial charge in [0.1, 0.15) is 12.0 Å². The number of halogens is 5. The second-order valence-electron chi connectivity index (χ2n) is 3.42. The molecule has 0 spiro atoms. The zero-order valence-corrected chi connectivity index (χ0v) is 9.63. The fraction of sp³-hybridized carbons (Fsp3) is 0.100. The molecule has 0 bridgehead atoms. The molecule has 0 N–H and O–H groups in total. The van der Waals surface area contributed by atoms with Gasteiger partial charge in [-0.3, -0.25) is 0 Å². The van der Waals surface area contributed by atoms with Crippen LogP contribution in [0, 0.1) is 29.1 Å². The summed E-state index contributed by atoms with van der Waals surface area (Å²) in [6.45, 7) is 0. The van der Waals surface area contributed by atoms with E-state index >= 15 is 0 Å². The number of ether oxygens (including phenoxy) is 1. The number of aromatic nitrogens is 3. The van der Waals surface area contributed by atoms with Crippen LogP contribution >= 0.6 is 0 Å². The summed E-state index contributed by atoms with van der Waals surface area (Å²) < 4.78 is 70.3. The summed E-state index contributed by atoms with van der Waals surface area (Å²) in [5.74, 6) is -12.4. The van der Waals surface area contributed by atoms with E-state index in [1.54, 1.807) is 0 Å². The molecule has 2 rings (SSSR count). The minimum atomic E-state index is -2.29. The van der Waals surface area contributed by atoms with Crippen LogP contribution in [0.4, 0.5) is 22.0 Å². The van der Waals surface area contributed by atoms with Gasteiger partial charge in [-0.1, -0.05) is 0 Å². The molecule has 10 heteroatoms. The smallest absolute Gasteiger partial charge is 0.377 e. The maximum atomic E-state index is 13.5. The molecule has 1 aromatic heterocycles. The number of esters is 1. The zero-order valence-electron chi connectivity index (χ0n) is 9.63. The summed E-state index contributed by atoms with van der Waals surface area (Å²) in [4.78, 5) is 14.4. The van der Waals surface area contributed by atoms with Crippen LogP contribution < -0.4 is 0 Å². The van der Waals surface area contributed by atoms with Crippen molar-refractivity contribution < 1.29 is 31.5 Å². The van der Waals surface area contributed by atoms with E-state index in [2.05, 4.69) is 14.8 Å². The van der Waals surface area contributed by atoms with E-state index in [0.29, 0.717) is 6.33 Å². The van der Waals surface area contributed by atoms with E-state index in [4.69, 9.17) is 0 Å². The van der Waals surface area contributed by atoms with Crippen LogP contribution in [0.2, 0.25) is 0 Å². The second-order valence-corrected chi connectivity index (χ2v) is 3.42. The van der Waals surface area contributed by atoms with Gasteiger partial charge in [0.15, 0.2) is 23.3 Å². The predicted molar refractivity (Wildman–Crippen MR) is 52.5 cm³/mol. The highest BCUT2D eigenvalue weighted by Gasteiger charge is 2.28. The number of benzene rings is 1. The quantitative estimate of drug-likeness (QED) is 0.366. The van der Waals surface area contributed by atoms with Crippen molar-refractivity contribution in [2.45, 2.75) is 0 Å². The molecule has 0 fully saturated rings. The maximum absolute atomic E-state index is 13.5. The summed E-state index contributed by atoms with van der Waals surface area (Å²) in [6.07, 6.45) is 0.616. The highest BCUT2D eigenvalue weighted by Crippen LogP contribution is 2.25. The Balaban J connectivity index is 2.64. The first kappa shape index (κ1) is 13.9. The first-order valence-corrected chi connectivity index (χ1v) is 4.90. The lowest BCUT2D eigenvalue weighted by atomic mass is 10.2. The van der Waals surface area contributed by atoms with Crippen LogP contribution in [0.5, 0.6) is 0 Å². The van der Waals surface area contributed by atoms with Crippen molar-refractivity contribution in [2.75, 3.05) is 7.11 Å². The predicted octanol–water partition coefficient (Wildman–Crippen LogP) is 1.75. The summed E-state index contributed by atoms with van der Waals surface area (Å²) in [7, 11) is 1.00. The molecule has 0 aliphatic carbocycles. The molecule has 106 valence electrons. The van der Waals surface area contributed by atoms with Gasteiger partial charge in [0.25, 0.3) is 5.82 Å². The number of nitrogens with zero attached hydrogens (tertiary/aromatic N) is 3. The number of rotatable bonds is 2. The van der Waals surface area contributed by atoms with Gasteiger partial charge >= 0.3 is 5.97 Å². The summed E-state index contributed by atoms with van der Waals surface area (Å²) in [6, 6.07) is 0. The third kappa shape index (κ3) is 1.98. The molecule has 2 aromatic rings. The van der Waals surface area contributed by atoms with E-state index in [9.17, 15) is 26.7 Å². The van der Waals surface area contributed by atoms with E-state index in [1.165, 1.54) is 0 Å². The molecular formula is C10H4F5N3O2. The van der Waals surface area contributed by atoms with Crippen molar-refractivity contribution in [2.24, 2.45) is 0 Å². The largest absolute Gasteiger partial charge is 0.463 e. The summed E-state index contributed by atoms with van der Waals surface area (Å²) in [5.41, 5.74) is -1.34. The summed E-state index contributed by atoms with van der Waals surface area (Å²) >= 11 is 0. The molecule has 0 unspecified atom stereocenters.